The second-order valence-corrected chi connectivity index (χ2v) is 6.17. The first-order chi connectivity index (χ1) is 10.1. The molecule has 0 bridgehead atoms. The minimum atomic E-state index is -0.917. The van der Waals surface area contributed by atoms with Crippen LogP contribution in [0.4, 0.5) is 0 Å². The Morgan fingerprint density at radius 2 is 2.05 bits per heavy atom. The molecule has 2 heterocycles. The Bertz CT molecular complexity index is 561. The summed E-state index contributed by atoms with van der Waals surface area (Å²) in [5, 5.41) is 9.76. The van der Waals surface area contributed by atoms with Crippen molar-refractivity contribution in [2.75, 3.05) is 0 Å². The maximum Gasteiger partial charge on any atom is 0.326 e. The highest BCUT2D eigenvalue weighted by atomic mass is 35.5. The van der Waals surface area contributed by atoms with E-state index in [1.165, 1.54) is 6.20 Å². The molecule has 1 amide bonds. The number of rotatable bonds is 2. The molecule has 0 radical (unpaired) electrons. The molecule has 0 aromatic carbocycles. The minimum absolute atomic E-state index is 0.0445. The normalized spacial score (nSPS) is 28.2. The number of hydrogen-bond donors (Lipinski definition) is 1. The summed E-state index contributed by atoms with van der Waals surface area (Å²) in [6.45, 7) is 0. The van der Waals surface area contributed by atoms with Crippen LogP contribution in [-0.4, -0.2) is 39.0 Å². The van der Waals surface area contributed by atoms with E-state index in [1.54, 1.807) is 17.0 Å². The smallest absolute Gasteiger partial charge is 0.326 e. The molecule has 6 heteroatoms. The molecule has 0 spiro atoms. The van der Waals surface area contributed by atoms with Crippen molar-refractivity contribution in [1.29, 1.82) is 0 Å². The number of carbonyl (C=O) groups is 2. The van der Waals surface area contributed by atoms with Crippen LogP contribution in [0.2, 0.25) is 5.15 Å². The topological polar surface area (TPSA) is 70.5 Å². The Morgan fingerprint density at radius 1 is 1.29 bits per heavy atom. The summed E-state index contributed by atoms with van der Waals surface area (Å²) in [7, 11) is 0. The highest BCUT2D eigenvalue weighted by molar-refractivity contribution is 6.29. The van der Waals surface area contributed by atoms with Crippen molar-refractivity contribution in [3.63, 3.8) is 0 Å². The number of fused-ring (bicyclic) bond motifs is 1. The van der Waals surface area contributed by atoms with Gasteiger partial charge in [-0.15, -0.1) is 0 Å². The van der Waals surface area contributed by atoms with Crippen molar-refractivity contribution in [1.82, 2.24) is 9.88 Å². The molecule has 5 nitrogen and oxygen atoms in total. The quantitative estimate of drug-likeness (QED) is 0.853. The van der Waals surface area contributed by atoms with Gasteiger partial charge in [-0.25, -0.2) is 9.78 Å². The summed E-state index contributed by atoms with van der Waals surface area (Å²) in [6, 6.07) is 2.48. The van der Waals surface area contributed by atoms with Crippen molar-refractivity contribution < 1.29 is 14.7 Å². The van der Waals surface area contributed by atoms with E-state index in [-0.39, 0.29) is 11.9 Å². The number of halogens is 1. The molecule has 3 atom stereocenters. The third-order valence-corrected chi connectivity index (χ3v) is 4.81. The third kappa shape index (κ3) is 2.62. The van der Waals surface area contributed by atoms with Gasteiger partial charge in [-0.2, -0.15) is 0 Å². The van der Waals surface area contributed by atoms with Gasteiger partial charge in [0.25, 0.3) is 5.91 Å². The van der Waals surface area contributed by atoms with Gasteiger partial charge in [0.2, 0.25) is 0 Å². The maximum atomic E-state index is 12.7. The zero-order valence-corrected chi connectivity index (χ0v) is 12.3. The molecular weight excluding hydrogens is 292 g/mol. The summed E-state index contributed by atoms with van der Waals surface area (Å²) in [6.07, 6.45) is 6.05. The van der Waals surface area contributed by atoms with Crippen LogP contribution in [0.3, 0.4) is 0 Å². The molecule has 3 rings (SSSR count). The fourth-order valence-corrected chi connectivity index (χ4v) is 3.74. The SMILES string of the molecule is O=C(O)C1CC2CCCCC2N1C(=O)c1ccc(Cl)nc1. The van der Waals surface area contributed by atoms with Crippen LogP contribution in [-0.2, 0) is 4.79 Å². The van der Waals surface area contributed by atoms with E-state index in [0.29, 0.717) is 23.1 Å². The van der Waals surface area contributed by atoms with Gasteiger partial charge in [0.15, 0.2) is 0 Å². The van der Waals surface area contributed by atoms with E-state index in [1.807, 2.05) is 0 Å². The molecule has 1 N–H and O–H groups in total. The molecular formula is C15H17ClN2O3. The van der Waals surface area contributed by atoms with Gasteiger partial charge in [0, 0.05) is 12.2 Å². The standard InChI is InChI=1S/C15H17ClN2O3/c16-13-6-5-10(8-17-13)14(19)18-11-4-2-1-3-9(11)7-12(18)15(20)21/h5-6,8-9,11-12H,1-4,7H2,(H,20,21). The fraction of sp³-hybridized carbons (Fsp3) is 0.533. The summed E-state index contributed by atoms with van der Waals surface area (Å²) < 4.78 is 0. The number of aliphatic carboxylic acids is 1. The van der Waals surface area contributed by atoms with E-state index >= 15 is 0 Å². The van der Waals surface area contributed by atoms with Crippen molar-refractivity contribution in [2.45, 2.75) is 44.2 Å². The van der Waals surface area contributed by atoms with Gasteiger partial charge in [0.05, 0.1) is 5.56 Å². The van der Waals surface area contributed by atoms with E-state index in [2.05, 4.69) is 4.98 Å². The molecule has 1 saturated heterocycles. The first kappa shape index (κ1) is 14.3. The van der Waals surface area contributed by atoms with Gasteiger partial charge >= 0.3 is 5.97 Å². The molecule has 21 heavy (non-hydrogen) atoms. The minimum Gasteiger partial charge on any atom is -0.480 e. The van der Waals surface area contributed by atoms with E-state index in [4.69, 9.17) is 11.6 Å². The number of carboxylic acid groups (broad SMARTS) is 1. The number of likely N-dealkylation sites (tertiary alicyclic amines) is 1. The van der Waals surface area contributed by atoms with Gasteiger partial charge < -0.3 is 10.0 Å². The molecule has 2 fully saturated rings. The number of hydrogen-bond acceptors (Lipinski definition) is 3. The van der Waals surface area contributed by atoms with Gasteiger partial charge in [-0.1, -0.05) is 24.4 Å². The number of carbonyl (C=O) groups excluding carboxylic acids is 1. The number of carboxylic acids is 1. The second-order valence-electron chi connectivity index (χ2n) is 5.78. The largest absolute Gasteiger partial charge is 0.480 e. The van der Waals surface area contributed by atoms with E-state index in [0.717, 1.165) is 25.7 Å². The predicted octanol–water partition coefficient (Wildman–Crippen LogP) is 2.59. The molecule has 1 aromatic heterocycles. The molecule has 3 unspecified atom stereocenters. The Hall–Kier alpha value is -1.62. The summed E-state index contributed by atoms with van der Waals surface area (Å²) >= 11 is 5.74. The van der Waals surface area contributed by atoms with E-state index in [9.17, 15) is 14.7 Å². The Kier molecular flexibility index (Phi) is 3.85. The molecule has 2 aliphatic rings. The van der Waals surface area contributed by atoms with Crippen LogP contribution >= 0.6 is 11.6 Å². The third-order valence-electron chi connectivity index (χ3n) is 4.58. The lowest BCUT2D eigenvalue weighted by Crippen LogP contribution is -2.46. The Labute approximate surface area is 127 Å². The monoisotopic (exact) mass is 308 g/mol. The lowest BCUT2D eigenvalue weighted by Gasteiger charge is -2.33. The molecule has 1 aliphatic carbocycles. The predicted molar refractivity (Wildman–Crippen MR) is 77.2 cm³/mol. The summed E-state index contributed by atoms with van der Waals surface area (Å²) in [4.78, 5) is 29.7. The number of pyridine rings is 1. The van der Waals surface area contributed by atoms with Crippen molar-refractivity contribution in [3.8, 4) is 0 Å². The molecule has 1 aliphatic heterocycles. The maximum absolute atomic E-state index is 12.7. The lowest BCUT2D eigenvalue weighted by atomic mass is 9.84. The highest BCUT2D eigenvalue weighted by Gasteiger charge is 2.47. The zero-order valence-electron chi connectivity index (χ0n) is 11.5. The Morgan fingerprint density at radius 3 is 2.71 bits per heavy atom. The number of amides is 1. The Balaban J connectivity index is 1.90. The van der Waals surface area contributed by atoms with Gasteiger partial charge in [-0.05, 0) is 37.3 Å². The first-order valence-corrected chi connectivity index (χ1v) is 7.62. The average molecular weight is 309 g/mol. The number of nitrogens with zero attached hydrogens (tertiary/aromatic N) is 2. The zero-order chi connectivity index (χ0) is 15.0. The second kappa shape index (κ2) is 5.64. The molecule has 1 aromatic rings. The van der Waals surface area contributed by atoms with Crippen LogP contribution < -0.4 is 0 Å². The molecule has 1 saturated carbocycles. The lowest BCUT2D eigenvalue weighted by molar-refractivity contribution is -0.141. The van der Waals surface area contributed by atoms with Crippen LogP contribution in [0.1, 0.15) is 42.5 Å². The summed E-state index contributed by atoms with van der Waals surface area (Å²) in [5.74, 6) is -0.857. The van der Waals surface area contributed by atoms with Crippen LogP contribution in [0, 0.1) is 5.92 Å². The van der Waals surface area contributed by atoms with Gasteiger partial charge in [-0.3, -0.25) is 4.79 Å². The van der Waals surface area contributed by atoms with Crippen molar-refractivity contribution in [2.24, 2.45) is 5.92 Å². The average Bonchev–Trinajstić information content (AvgIpc) is 2.87. The fourth-order valence-electron chi connectivity index (χ4n) is 3.62. The molecule has 112 valence electrons. The number of aromatic nitrogens is 1. The highest BCUT2D eigenvalue weighted by Crippen LogP contribution is 2.40. The van der Waals surface area contributed by atoms with Crippen LogP contribution in [0.5, 0.6) is 0 Å². The van der Waals surface area contributed by atoms with E-state index < -0.39 is 12.0 Å². The first-order valence-electron chi connectivity index (χ1n) is 7.25. The van der Waals surface area contributed by atoms with Gasteiger partial charge in [0.1, 0.15) is 11.2 Å². The van der Waals surface area contributed by atoms with Crippen molar-refractivity contribution in [3.05, 3.63) is 29.0 Å². The summed E-state index contributed by atoms with van der Waals surface area (Å²) in [5.41, 5.74) is 0.400. The van der Waals surface area contributed by atoms with Crippen molar-refractivity contribution >= 4 is 23.5 Å². The van der Waals surface area contributed by atoms with Crippen LogP contribution in [0.15, 0.2) is 18.3 Å². The van der Waals surface area contributed by atoms with Crippen LogP contribution in [0.25, 0.3) is 0 Å².